The Morgan fingerprint density at radius 1 is 1.40 bits per heavy atom. The molecule has 2 rings (SSSR count). The molecule has 0 aliphatic carbocycles. The smallest absolute Gasteiger partial charge is 0.232 e. The monoisotopic (exact) mass is 292 g/mol. The summed E-state index contributed by atoms with van der Waals surface area (Å²) in [6, 6.07) is 6.84. The predicted octanol–water partition coefficient (Wildman–Crippen LogP) is 3.07. The third-order valence-corrected chi connectivity index (χ3v) is 4.46. The molecule has 3 nitrogen and oxygen atoms in total. The molecule has 0 saturated carbocycles. The van der Waals surface area contributed by atoms with Crippen molar-refractivity contribution in [3.05, 3.63) is 29.3 Å². The number of amides is 1. The van der Waals surface area contributed by atoms with Gasteiger partial charge in [-0.05, 0) is 56.2 Å². The van der Waals surface area contributed by atoms with E-state index in [-0.39, 0.29) is 5.91 Å². The second-order valence-corrected chi connectivity index (χ2v) is 6.42. The summed E-state index contributed by atoms with van der Waals surface area (Å²) in [5.41, 5.74) is 3.79. The van der Waals surface area contributed by atoms with Crippen LogP contribution in [0.2, 0.25) is 0 Å². The minimum absolute atomic E-state index is 0.268. The standard InChI is InChI=1S/C16H24N2OS/c1-12-6-7-14(9-13(12)2)17-15-5-4-8-18(10-15)16(19)11-20-3/h6-7,9,15,17H,4-5,8,10-11H2,1-3H3/t15-/m1/s1. The molecule has 1 saturated heterocycles. The van der Waals surface area contributed by atoms with Crippen LogP contribution in [0.3, 0.4) is 0 Å². The number of likely N-dealkylation sites (tertiary alicyclic amines) is 1. The number of hydrogen-bond acceptors (Lipinski definition) is 3. The Hall–Kier alpha value is -1.16. The first-order valence-electron chi connectivity index (χ1n) is 7.20. The molecule has 1 amide bonds. The zero-order valence-electron chi connectivity index (χ0n) is 12.6. The zero-order valence-corrected chi connectivity index (χ0v) is 13.4. The van der Waals surface area contributed by atoms with Crippen molar-refractivity contribution in [3.63, 3.8) is 0 Å². The molecular formula is C16H24N2OS. The molecule has 0 aromatic heterocycles. The molecule has 0 bridgehead atoms. The quantitative estimate of drug-likeness (QED) is 0.925. The maximum absolute atomic E-state index is 12.0. The molecule has 1 aromatic rings. The summed E-state index contributed by atoms with van der Waals surface area (Å²) >= 11 is 1.60. The summed E-state index contributed by atoms with van der Waals surface area (Å²) in [6.07, 6.45) is 4.20. The van der Waals surface area contributed by atoms with Gasteiger partial charge in [-0.25, -0.2) is 0 Å². The Bertz CT molecular complexity index is 476. The molecule has 4 heteroatoms. The number of benzene rings is 1. The molecule has 1 heterocycles. The molecular weight excluding hydrogens is 268 g/mol. The summed E-state index contributed by atoms with van der Waals surface area (Å²) in [5.74, 6) is 0.861. The predicted molar refractivity (Wildman–Crippen MR) is 87.5 cm³/mol. The van der Waals surface area contributed by atoms with Crippen molar-refractivity contribution in [1.82, 2.24) is 4.90 Å². The molecule has 110 valence electrons. The van der Waals surface area contributed by atoms with Crippen LogP contribution in [0.25, 0.3) is 0 Å². The van der Waals surface area contributed by atoms with Crippen LogP contribution in [0.1, 0.15) is 24.0 Å². The maximum Gasteiger partial charge on any atom is 0.232 e. The molecule has 1 aromatic carbocycles. The number of piperidine rings is 1. The number of hydrogen-bond donors (Lipinski definition) is 1. The van der Waals surface area contributed by atoms with Crippen LogP contribution in [0.4, 0.5) is 5.69 Å². The van der Waals surface area contributed by atoms with E-state index in [9.17, 15) is 4.79 Å². The fourth-order valence-corrected chi connectivity index (χ4v) is 3.03. The lowest BCUT2D eigenvalue weighted by atomic mass is 10.0. The first-order chi connectivity index (χ1) is 9.60. The SMILES string of the molecule is CSCC(=O)N1CCC[C@@H](Nc2ccc(C)c(C)c2)C1. The van der Waals surface area contributed by atoms with Crippen LogP contribution in [0.15, 0.2) is 18.2 Å². The van der Waals surface area contributed by atoms with Crippen molar-refractivity contribution in [2.45, 2.75) is 32.7 Å². The van der Waals surface area contributed by atoms with Gasteiger partial charge < -0.3 is 10.2 Å². The molecule has 1 atom stereocenters. The van der Waals surface area contributed by atoms with E-state index < -0.39 is 0 Å². The van der Waals surface area contributed by atoms with E-state index in [2.05, 4.69) is 37.4 Å². The number of carbonyl (C=O) groups is 1. The fraction of sp³-hybridized carbons (Fsp3) is 0.562. The van der Waals surface area contributed by atoms with Crippen molar-refractivity contribution >= 4 is 23.4 Å². The summed E-state index contributed by atoms with van der Waals surface area (Å²) in [4.78, 5) is 14.0. The average Bonchev–Trinajstić information content (AvgIpc) is 2.43. The van der Waals surface area contributed by atoms with E-state index in [4.69, 9.17) is 0 Å². The van der Waals surface area contributed by atoms with Gasteiger partial charge >= 0.3 is 0 Å². The van der Waals surface area contributed by atoms with Crippen molar-refractivity contribution in [3.8, 4) is 0 Å². The highest BCUT2D eigenvalue weighted by Gasteiger charge is 2.23. The van der Waals surface area contributed by atoms with Gasteiger partial charge in [-0.2, -0.15) is 11.8 Å². The third-order valence-electron chi connectivity index (χ3n) is 3.92. The van der Waals surface area contributed by atoms with Crippen molar-refractivity contribution < 1.29 is 4.79 Å². The number of aryl methyl sites for hydroxylation is 2. The minimum atomic E-state index is 0.268. The van der Waals surface area contributed by atoms with Crippen LogP contribution in [0.5, 0.6) is 0 Å². The summed E-state index contributed by atoms with van der Waals surface area (Å²) in [5, 5.41) is 3.58. The topological polar surface area (TPSA) is 32.3 Å². The van der Waals surface area contributed by atoms with Gasteiger partial charge in [0.2, 0.25) is 5.91 Å². The highest BCUT2D eigenvalue weighted by atomic mass is 32.2. The first-order valence-corrected chi connectivity index (χ1v) is 8.60. The minimum Gasteiger partial charge on any atom is -0.381 e. The van der Waals surface area contributed by atoms with Crippen molar-refractivity contribution in [2.75, 3.05) is 30.4 Å². The van der Waals surface area contributed by atoms with Crippen LogP contribution in [-0.2, 0) is 4.79 Å². The number of rotatable bonds is 4. The van der Waals surface area contributed by atoms with Crippen molar-refractivity contribution in [2.24, 2.45) is 0 Å². The number of carbonyl (C=O) groups excluding carboxylic acids is 1. The lowest BCUT2D eigenvalue weighted by molar-refractivity contribution is -0.129. The van der Waals surface area contributed by atoms with Gasteiger partial charge in [-0.3, -0.25) is 4.79 Å². The third kappa shape index (κ3) is 3.92. The molecule has 0 unspecified atom stereocenters. The highest BCUT2D eigenvalue weighted by Crippen LogP contribution is 2.19. The number of thioether (sulfide) groups is 1. The van der Waals surface area contributed by atoms with Crippen LogP contribution < -0.4 is 5.32 Å². The average molecular weight is 292 g/mol. The van der Waals surface area contributed by atoms with Gasteiger partial charge in [0.25, 0.3) is 0 Å². The lowest BCUT2D eigenvalue weighted by Crippen LogP contribution is -2.45. The largest absolute Gasteiger partial charge is 0.381 e. The number of nitrogens with one attached hydrogen (secondary N) is 1. The summed E-state index contributed by atoms with van der Waals surface area (Å²) < 4.78 is 0. The molecule has 0 radical (unpaired) electrons. The summed E-state index contributed by atoms with van der Waals surface area (Å²) in [7, 11) is 0. The molecule has 1 fully saturated rings. The van der Waals surface area contributed by atoms with Crippen molar-refractivity contribution in [1.29, 1.82) is 0 Å². The lowest BCUT2D eigenvalue weighted by Gasteiger charge is -2.33. The zero-order chi connectivity index (χ0) is 14.5. The maximum atomic E-state index is 12.0. The van der Waals surface area contributed by atoms with E-state index >= 15 is 0 Å². The van der Waals surface area contributed by atoms with E-state index in [1.807, 2.05) is 11.2 Å². The van der Waals surface area contributed by atoms with Gasteiger partial charge in [0.05, 0.1) is 5.75 Å². The second kappa shape index (κ2) is 7.02. The van der Waals surface area contributed by atoms with Gasteiger partial charge in [-0.15, -0.1) is 0 Å². The highest BCUT2D eigenvalue weighted by molar-refractivity contribution is 7.99. The van der Waals surface area contributed by atoms with E-state index in [1.54, 1.807) is 11.8 Å². The molecule has 1 N–H and O–H groups in total. The fourth-order valence-electron chi connectivity index (χ4n) is 2.60. The Balaban J connectivity index is 1.95. The Labute approximate surface area is 126 Å². The van der Waals surface area contributed by atoms with Gasteiger partial charge in [0.1, 0.15) is 0 Å². The summed E-state index contributed by atoms with van der Waals surface area (Å²) in [6.45, 7) is 6.00. The first kappa shape index (κ1) is 15.2. The van der Waals surface area contributed by atoms with E-state index in [1.165, 1.54) is 11.1 Å². The van der Waals surface area contributed by atoms with Gasteiger partial charge in [-0.1, -0.05) is 6.07 Å². The molecule has 0 spiro atoms. The Morgan fingerprint density at radius 2 is 2.20 bits per heavy atom. The van der Waals surface area contributed by atoms with E-state index in [0.717, 1.165) is 31.6 Å². The Kier molecular flexibility index (Phi) is 5.35. The second-order valence-electron chi connectivity index (χ2n) is 5.56. The molecule has 1 aliphatic heterocycles. The normalized spacial score (nSPS) is 18.9. The number of nitrogens with zero attached hydrogens (tertiary/aromatic N) is 1. The Morgan fingerprint density at radius 3 is 2.90 bits per heavy atom. The number of anilines is 1. The van der Waals surface area contributed by atoms with Gasteiger partial charge in [0.15, 0.2) is 0 Å². The van der Waals surface area contributed by atoms with Crippen LogP contribution >= 0.6 is 11.8 Å². The molecule has 1 aliphatic rings. The van der Waals surface area contributed by atoms with Gasteiger partial charge in [0, 0.05) is 24.8 Å². The van der Waals surface area contributed by atoms with E-state index in [0.29, 0.717) is 11.8 Å². The van der Waals surface area contributed by atoms with Crippen LogP contribution in [0, 0.1) is 13.8 Å². The molecule has 20 heavy (non-hydrogen) atoms. The van der Waals surface area contributed by atoms with Crippen LogP contribution in [-0.4, -0.2) is 41.9 Å².